The van der Waals surface area contributed by atoms with Crippen molar-refractivity contribution < 1.29 is 17.9 Å². The average molecular weight is 314 g/mol. The molecular formula is C7H8BrNO4S2. The quantitative estimate of drug-likeness (QED) is 0.853. The Morgan fingerprint density at radius 3 is 2.73 bits per heavy atom. The Hall–Kier alpha value is -0.440. The molecule has 0 fully saturated rings. The maximum atomic E-state index is 11.4. The molecule has 0 saturated carbocycles. The topological polar surface area (TPSA) is 86.5 Å². The molecular weight excluding hydrogens is 306 g/mol. The van der Waals surface area contributed by atoms with Crippen LogP contribution in [0.3, 0.4) is 0 Å². The normalized spacial score (nSPS) is 11.4. The summed E-state index contributed by atoms with van der Waals surface area (Å²) >= 11 is 3.99. The predicted octanol–water partition coefficient (Wildman–Crippen LogP) is 1.33. The molecule has 1 heterocycles. The summed E-state index contributed by atoms with van der Waals surface area (Å²) in [6.07, 6.45) is 0. The maximum absolute atomic E-state index is 11.4. The Morgan fingerprint density at radius 1 is 1.67 bits per heavy atom. The van der Waals surface area contributed by atoms with Crippen molar-refractivity contribution in [1.82, 2.24) is 0 Å². The van der Waals surface area contributed by atoms with Crippen LogP contribution >= 0.6 is 27.3 Å². The smallest absolute Gasteiger partial charge is 0.349 e. The van der Waals surface area contributed by atoms with Gasteiger partial charge in [-0.2, -0.15) is 0 Å². The molecule has 0 aliphatic heterocycles. The van der Waals surface area contributed by atoms with Gasteiger partial charge in [0, 0.05) is 9.85 Å². The van der Waals surface area contributed by atoms with Crippen LogP contribution in [0.2, 0.25) is 0 Å². The zero-order chi connectivity index (χ0) is 11.6. The van der Waals surface area contributed by atoms with Gasteiger partial charge in [0.1, 0.15) is 9.77 Å². The second-order valence-corrected chi connectivity index (χ2v) is 5.74. The number of nitrogens with two attached hydrogens (primary N) is 1. The van der Waals surface area contributed by atoms with Gasteiger partial charge in [-0.05, 0) is 22.9 Å². The molecule has 8 heteroatoms. The number of hydrogen-bond donors (Lipinski definition) is 1. The van der Waals surface area contributed by atoms with Gasteiger partial charge in [-0.25, -0.2) is 18.4 Å². The Morgan fingerprint density at radius 2 is 2.27 bits per heavy atom. The minimum Gasteiger partial charge on any atom is -0.462 e. The highest BCUT2D eigenvalue weighted by molar-refractivity contribution is 9.10. The van der Waals surface area contributed by atoms with E-state index in [1.165, 1.54) is 5.38 Å². The van der Waals surface area contributed by atoms with Crippen LogP contribution in [0.1, 0.15) is 16.6 Å². The highest BCUT2D eigenvalue weighted by atomic mass is 79.9. The fourth-order valence-corrected chi connectivity index (χ4v) is 4.17. The minimum atomic E-state index is -3.92. The van der Waals surface area contributed by atoms with E-state index in [-0.39, 0.29) is 20.9 Å². The number of sulfonamides is 1. The Balaban J connectivity index is 3.27. The number of rotatable bonds is 3. The van der Waals surface area contributed by atoms with E-state index >= 15 is 0 Å². The molecule has 1 rings (SSSR count). The minimum absolute atomic E-state index is 0.00812. The standard InChI is InChI=1S/C7H8BrNO4S2/c1-2-13-7(10)5-6(15(9,11)12)4(8)3-14-5/h3H,2H2,1H3,(H2,9,11,12). The van der Waals surface area contributed by atoms with Gasteiger partial charge in [0.25, 0.3) is 0 Å². The number of halogens is 1. The summed E-state index contributed by atoms with van der Waals surface area (Å²) in [6.45, 7) is 1.82. The molecule has 0 radical (unpaired) electrons. The zero-order valence-electron chi connectivity index (χ0n) is 7.69. The highest BCUT2D eigenvalue weighted by Gasteiger charge is 2.25. The van der Waals surface area contributed by atoms with Crippen LogP contribution in [0.5, 0.6) is 0 Å². The zero-order valence-corrected chi connectivity index (χ0v) is 10.9. The lowest BCUT2D eigenvalue weighted by molar-refractivity contribution is 0.0528. The molecule has 5 nitrogen and oxygen atoms in total. The molecule has 0 aliphatic rings. The number of primary sulfonamides is 1. The van der Waals surface area contributed by atoms with Crippen LogP contribution < -0.4 is 5.14 Å². The van der Waals surface area contributed by atoms with Crippen LogP contribution in [-0.2, 0) is 14.8 Å². The van der Waals surface area contributed by atoms with Gasteiger partial charge in [-0.3, -0.25) is 0 Å². The van der Waals surface area contributed by atoms with Gasteiger partial charge in [0.15, 0.2) is 0 Å². The SMILES string of the molecule is CCOC(=O)c1scc(Br)c1S(N)(=O)=O. The molecule has 2 N–H and O–H groups in total. The van der Waals surface area contributed by atoms with Crippen molar-refractivity contribution in [2.24, 2.45) is 5.14 Å². The monoisotopic (exact) mass is 313 g/mol. The third-order valence-corrected chi connectivity index (χ3v) is 4.72. The van der Waals surface area contributed by atoms with E-state index in [9.17, 15) is 13.2 Å². The van der Waals surface area contributed by atoms with Gasteiger partial charge in [0.05, 0.1) is 6.61 Å². The summed E-state index contributed by atoms with van der Waals surface area (Å²) in [4.78, 5) is 11.1. The summed E-state index contributed by atoms with van der Waals surface area (Å²) in [7, 11) is -3.92. The van der Waals surface area contributed by atoms with Crippen LogP contribution in [-0.4, -0.2) is 21.0 Å². The molecule has 84 valence electrons. The van der Waals surface area contributed by atoms with Crippen molar-refractivity contribution in [3.63, 3.8) is 0 Å². The molecule has 0 saturated heterocycles. The van der Waals surface area contributed by atoms with Crippen molar-refractivity contribution in [1.29, 1.82) is 0 Å². The lowest BCUT2D eigenvalue weighted by Crippen LogP contribution is -2.16. The number of hydrogen-bond acceptors (Lipinski definition) is 5. The van der Waals surface area contributed by atoms with Gasteiger partial charge < -0.3 is 4.74 Å². The Labute approximate surface area is 99.4 Å². The third-order valence-electron chi connectivity index (χ3n) is 1.45. The summed E-state index contributed by atoms with van der Waals surface area (Å²) in [5, 5.41) is 6.46. The van der Waals surface area contributed by atoms with E-state index < -0.39 is 16.0 Å². The fraction of sp³-hybridized carbons (Fsp3) is 0.286. The summed E-state index contributed by atoms with van der Waals surface area (Å²) in [5.41, 5.74) is 0. The molecule has 0 aromatic carbocycles. The van der Waals surface area contributed by atoms with Crippen LogP contribution in [0.4, 0.5) is 0 Å². The van der Waals surface area contributed by atoms with Crippen molar-refractivity contribution in [2.75, 3.05) is 6.61 Å². The molecule has 0 aliphatic carbocycles. The van der Waals surface area contributed by atoms with E-state index in [1.807, 2.05) is 0 Å². The first-order chi connectivity index (χ1) is 6.88. The molecule has 0 spiro atoms. The Kier molecular flexibility index (Phi) is 3.87. The summed E-state index contributed by atoms with van der Waals surface area (Å²) < 4.78 is 27.4. The number of carbonyl (C=O) groups is 1. The lowest BCUT2D eigenvalue weighted by atomic mass is 10.5. The van der Waals surface area contributed by atoms with Crippen LogP contribution in [0.25, 0.3) is 0 Å². The molecule has 0 amide bonds. The number of carbonyl (C=O) groups excluding carboxylic acids is 1. The maximum Gasteiger partial charge on any atom is 0.349 e. The molecule has 0 bridgehead atoms. The average Bonchev–Trinajstić information content (AvgIpc) is 2.46. The van der Waals surface area contributed by atoms with Crippen molar-refractivity contribution >= 4 is 43.3 Å². The summed E-state index contributed by atoms with van der Waals surface area (Å²) in [6, 6.07) is 0. The van der Waals surface area contributed by atoms with Gasteiger partial charge >= 0.3 is 5.97 Å². The molecule has 0 unspecified atom stereocenters. The van der Waals surface area contributed by atoms with E-state index in [2.05, 4.69) is 15.9 Å². The van der Waals surface area contributed by atoms with Gasteiger partial charge in [-0.15, -0.1) is 11.3 Å². The second-order valence-electron chi connectivity index (χ2n) is 2.51. The van der Waals surface area contributed by atoms with Crippen LogP contribution in [0, 0.1) is 0 Å². The van der Waals surface area contributed by atoms with Gasteiger partial charge in [0.2, 0.25) is 10.0 Å². The van der Waals surface area contributed by atoms with E-state index in [1.54, 1.807) is 6.92 Å². The van der Waals surface area contributed by atoms with Crippen LogP contribution in [0.15, 0.2) is 14.7 Å². The lowest BCUT2D eigenvalue weighted by Gasteiger charge is -2.01. The molecule has 15 heavy (non-hydrogen) atoms. The van der Waals surface area contributed by atoms with Gasteiger partial charge in [-0.1, -0.05) is 0 Å². The number of thiophene rings is 1. The second kappa shape index (κ2) is 4.60. The first-order valence-electron chi connectivity index (χ1n) is 3.84. The van der Waals surface area contributed by atoms with E-state index in [4.69, 9.17) is 9.88 Å². The highest BCUT2D eigenvalue weighted by Crippen LogP contribution is 2.31. The molecule has 0 atom stereocenters. The van der Waals surface area contributed by atoms with Crippen molar-refractivity contribution in [2.45, 2.75) is 11.8 Å². The van der Waals surface area contributed by atoms with E-state index in [0.717, 1.165) is 11.3 Å². The Bertz CT molecular complexity index is 479. The molecule has 1 aromatic rings. The first kappa shape index (κ1) is 12.6. The van der Waals surface area contributed by atoms with E-state index in [0.29, 0.717) is 0 Å². The molecule has 1 aromatic heterocycles. The third kappa shape index (κ3) is 2.77. The predicted molar refractivity (Wildman–Crippen MR) is 59.3 cm³/mol. The largest absolute Gasteiger partial charge is 0.462 e. The fourth-order valence-electron chi connectivity index (χ4n) is 0.929. The van der Waals surface area contributed by atoms with Crippen molar-refractivity contribution in [3.05, 3.63) is 14.7 Å². The van der Waals surface area contributed by atoms with Crippen molar-refractivity contribution in [3.8, 4) is 0 Å². The first-order valence-corrected chi connectivity index (χ1v) is 7.06. The summed E-state index contributed by atoms with van der Waals surface area (Å²) in [5.74, 6) is -0.683. The number of ether oxygens (including phenoxy) is 1. The number of esters is 1.